The van der Waals surface area contributed by atoms with E-state index in [9.17, 15) is 0 Å². The molecular formula is C22H18ClN5O. The first-order valence-corrected chi connectivity index (χ1v) is 10.0. The highest BCUT2D eigenvalue weighted by atomic mass is 35.5. The molecule has 144 valence electrons. The van der Waals surface area contributed by atoms with Crippen LogP contribution in [-0.4, -0.2) is 16.2 Å². The minimum Gasteiger partial charge on any atom is -0.370 e. The number of ether oxygens (including phenoxy) is 1. The molecule has 2 aromatic carbocycles. The Bertz CT molecular complexity index is 1180. The van der Waals surface area contributed by atoms with E-state index in [0.29, 0.717) is 19.2 Å². The van der Waals surface area contributed by atoms with Crippen LogP contribution in [0.3, 0.4) is 0 Å². The Hall–Kier alpha value is -2.96. The average molecular weight is 404 g/mol. The van der Waals surface area contributed by atoms with Gasteiger partial charge in [-0.15, -0.1) is 0 Å². The number of aromatic nitrogens is 2. The average Bonchev–Trinajstić information content (AvgIpc) is 3.45. The number of hydrogen-bond acceptors (Lipinski definition) is 6. The molecule has 3 aromatic rings. The number of nitrogens with one attached hydrogen (secondary N) is 1. The summed E-state index contributed by atoms with van der Waals surface area (Å²) in [6.45, 7) is 3.34. The lowest BCUT2D eigenvalue weighted by molar-refractivity contribution is 0.133. The summed E-state index contributed by atoms with van der Waals surface area (Å²) in [5.74, 6) is 1.53. The Labute approximate surface area is 173 Å². The zero-order valence-electron chi connectivity index (χ0n) is 15.7. The topological polar surface area (TPSA) is 62.6 Å². The van der Waals surface area contributed by atoms with E-state index in [1.165, 1.54) is 16.7 Å². The van der Waals surface area contributed by atoms with Gasteiger partial charge < -0.3 is 15.0 Å². The molecule has 4 heterocycles. The maximum absolute atomic E-state index is 6.16. The van der Waals surface area contributed by atoms with Crippen LogP contribution in [0.2, 0.25) is 5.02 Å². The van der Waals surface area contributed by atoms with Gasteiger partial charge in [-0.05, 0) is 46.5 Å². The zero-order chi connectivity index (χ0) is 19.4. The second-order valence-corrected chi connectivity index (χ2v) is 8.00. The van der Waals surface area contributed by atoms with E-state index >= 15 is 0 Å². The maximum atomic E-state index is 6.16. The van der Waals surface area contributed by atoms with E-state index < -0.39 is 0 Å². The van der Waals surface area contributed by atoms with Crippen LogP contribution in [0.1, 0.15) is 33.5 Å². The predicted molar refractivity (Wildman–Crippen MR) is 113 cm³/mol. The monoisotopic (exact) mass is 403 g/mol. The maximum Gasteiger partial charge on any atom is 0.228 e. The molecule has 0 fully saturated rings. The van der Waals surface area contributed by atoms with Crippen LogP contribution >= 0.6 is 11.6 Å². The quantitative estimate of drug-likeness (QED) is 0.704. The molecule has 0 unspecified atom stereocenters. The second-order valence-electron chi connectivity index (χ2n) is 7.57. The largest absolute Gasteiger partial charge is 0.370 e. The summed E-state index contributed by atoms with van der Waals surface area (Å²) in [4.78, 5) is 16.2. The summed E-state index contributed by atoms with van der Waals surface area (Å²) in [7, 11) is 0. The Morgan fingerprint density at radius 3 is 2.83 bits per heavy atom. The molecule has 0 aliphatic carbocycles. The molecule has 7 heteroatoms. The van der Waals surface area contributed by atoms with Crippen molar-refractivity contribution < 1.29 is 4.74 Å². The Balaban J connectivity index is 1.34. The summed E-state index contributed by atoms with van der Waals surface area (Å²) in [5, 5.41) is 4.25. The van der Waals surface area contributed by atoms with Gasteiger partial charge in [0.05, 0.1) is 25.5 Å². The number of halogens is 1. The normalized spacial score (nSPS) is 16.1. The number of anilines is 3. The minimum absolute atomic E-state index is 0.517. The molecule has 0 saturated carbocycles. The lowest BCUT2D eigenvalue weighted by atomic mass is 10.1. The minimum atomic E-state index is 0.517. The molecular weight excluding hydrogens is 386 g/mol. The van der Waals surface area contributed by atoms with E-state index in [1.807, 2.05) is 18.3 Å². The van der Waals surface area contributed by atoms with E-state index in [1.54, 1.807) is 0 Å². The summed E-state index contributed by atoms with van der Waals surface area (Å²) in [6.07, 6.45) is 1.92. The highest BCUT2D eigenvalue weighted by Crippen LogP contribution is 2.33. The van der Waals surface area contributed by atoms with E-state index in [0.717, 1.165) is 53.0 Å². The number of fused-ring (bicyclic) bond motifs is 3. The van der Waals surface area contributed by atoms with Crippen molar-refractivity contribution in [1.82, 2.24) is 9.97 Å². The van der Waals surface area contributed by atoms with Crippen molar-refractivity contribution >= 4 is 35.3 Å². The van der Waals surface area contributed by atoms with Crippen molar-refractivity contribution in [2.24, 2.45) is 4.99 Å². The van der Waals surface area contributed by atoms with Gasteiger partial charge in [0, 0.05) is 35.6 Å². The van der Waals surface area contributed by atoms with Gasteiger partial charge in [-0.3, -0.25) is 4.99 Å². The van der Waals surface area contributed by atoms with Gasteiger partial charge in [0.25, 0.3) is 0 Å². The van der Waals surface area contributed by atoms with Crippen LogP contribution in [0.4, 0.5) is 17.5 Å². The van der Waals surface area contributed by atoms with Crippen LogP contribution in [0.5, 0.6) is 0 Å². The first kappa shape index (κ1) is 16.9. The van der Waals surface area contributed by atoms with E-state index in [-0.39, 0.29) is 0 Å². The van der Waals surface area contributed by atoms with Crippen molar-refractivity contribution in [2.75, 3.05) is 10.2 Å². The van der Waals surface area contributed by atoms with E-state index in [4.69, 9.17) is 26.3 Å². The van der Waals surface area contributed by atoms with E-state index in [2.05, 4.69) is 39.5 Å². The lowest BCUT2D eigenvalue weighted by Gasteiger charge is -2.18. The fourth-order valence-electron chi connectivity index (χ4n) is 4.10. The number of aliphatic imine (C=N–C) groups is 1. The fourth-order valence-corrected chi connectivity index (χ4v) is 4.30. The molecule has 0 radical (unpaired) electrons. The number of rotatable bonds is 3. The lowest BCUT2D eigenvalue weighted by Crippen LogP contribution is -2.19. The Kier molecular flexibility index (Phi) is 3.82. The van der Waals surface area contributed by atoms with Gasteiger partial charge >= 0.3 is 0 Å². The second kappa shape index (κ2) is 6.54. The third-order valence-corrected chi connectivity index (χ3v) is 5.88. The number of hydrogen-bond donors (Lipinski definition) is 1. The van der Waals surface area contributed by atoms with Gasteiger partial charge in [0.2, 0.25) is 5.95 Å². The number of benzene rings is 2. The van der Waals surface area contributed by atoms with Crippen molar-refractivity contribution in [3.63, 3.8) is 0 Å². The zero-order valence-corrected chi connectivity index (χ0v) is 16.4. The Morgan fingerprint density at radius 2 is 1.86 bits per heavy atom. The third-order valence-electron chi connectivity index (χ3n) is 5.64. The van der Waals surface area contributed by atoms with Gasteiger partial charge in [0.1, 0.15) is 5.82 Å². The highest BCUT2D eigenvalue weighted by Gasteiger charge is 2.26. The molecule has 0 bridgehead atoms. The number of nitrogens with zero attached hydrogens (tertiary/aromatic N) is 4. The van der Waals surface area contributed by atoms with Crippen LogP contribution in [0.15, 0.2) is 41.4 Å². The van der Waals surface area contributed by atoms with Gasteiger partial charge in [-0.25, -0.2) is 4.98 Å². The van der Waals surface area contributed by atoms with Crippen molar-refractivity contribution in [1.29, 1.82) is 0 Å². The molecule has 0 atom stereocenters. The Morgan fingerprint density at radius 1 is 0.966 bits per heavy atom. The molecule has 3 aliphatic heterocycles. The molecule has 1 N–H and O–H groups in total. The van der Waals surface area contributed by atoms with Gasteiger partial charge in [0.15, 0.2) is 0 Å². The van der Waals surface area contributed by atoms with Crippen LogP contribution in [-0.2, 0) is 37.6 Å². The van der Waals surface area contributed by atoms with Gasteiger partial charge in [-0.2, -0.15) is 4.98 Å². The highest BCUT2D eigenvalue weighted by molar-refractivity contribution is 6.30. The molecule has 0 amide bonds. The molecule has 29 heavy (non-hydrogen) atoms. The predicted octanol–water partition coefficient (Wildman–Crippen LogP) is 4.36. The molecule has 1 aromatic heterocycles. The molecule has 6 nitrogen and oxygen atoms in total. The van der Waals surface area contributed by atoms with Crippen molar-refractivity contribution in [2.45, 2.75) is 32.8 Å². The SMILES string of the molecule is Clc1ccc2c(c1)CN(c1nc3c(c(Nc4ccc5c(c4)C=NC5)n1)COC3)C2. The first-order chi connectivity index (χ1) is 14.2. The van der Waals surface area contributed by atoms with Crippen molar-refractivity contribution in [3.05, 3.63) is 74.9 Å². The van der Waals surface area contributed by atoms with Crippen LogP contribution < -0.4 is 10.2 Å². The van der Waals surface area contributed by atoms with Gasteiger partial charge in [-0.1, -0.05) is 23.7 Å². The fraction of sp³-hybridized carbons (Fsp3) is 0.227. The summed E-state index contributed by atoms with van der Waals surface area (Å²) >= 11 is 6.16. The smallest absolute Gasteiger partial charge is 0.228 e. The molecule has 0 saturated heterocycles. The molecule has 0 spiro atoms. The van der Waals surface area contributed by atoms with Crippen LogP contribution in [0.25, 0.3) is 0 Å². The summed E-state index contributed by atoms with van der Waals surface area (Å²) < 4.78 is 5.66. The first-order valence-electron chi connectivity index (χ1n) is 9.62. The summed E-state index contributed by atoms with van der Waals surface area (Å²) in [6, 6.07) is 12.3. The van der Waals surface area contributed by atoms with Crippen LogP contribution in [0, 0.1) is 0 Å². The molecule has 3 aliphatic rings. The summed E-state index contributed by atoms with van der Waals surface area (Å²) in [5.41, 5.74) is 7.88. The molecule has 6 rings (SSSR count). The van der Waals surface area contributed by atoms with Crippen molar-refractivity contribution in [3.8, 4) is 0 Å². The third kappa shape index (κ3) is 2.96. The standard InChI is InChI=1S/C22H18ClN5O/c23-17-3-1-14-9-28(10-16(14)5-17)22-26-20-12-29-11-19(20)21(27-22)25-18-4-2-13-7-24-8-15(13)6-18/h1-6,8H,7,9-12H2,(H,25,26,27).